The normalized spacial score (nSPS) is 10.6. The van der Waals surface area contributed by atoms with Gasteiger partial charge in [-0.1, -0.05) is 24.3 Å². The fraction of sp³-hybridized carbons (Fsp3) is 0.273. The summed E-state index contributed by atoms with van der Waals surface area (Å²) in [6, 6.07) is 23.5. The summed E-state index contributed by atoms with van der Waals surface area (Å²) in [6.45, 7) is 0. The fourth-order valence-corrected chi connectivity index (χ4v) is 4.64. The van der Waals surface area contributed by atoms with Crippen molar-refractivity contribution in [1.82, 2.24) is 0 Å². The number of aryl methyl sites for hydroxylation is 4. The molecular formula is C33H36O7. The molecule has 4 aromatic carbocycles. The Morgan fingerprint density at radius 2 is 0.975 bits per heavy atom. The number of methoxy groups -OCH3 is 5. The van der Waals surface area contributed by atoms with Gasteiger partial charge >= 0.3 is 0 Å². The van der Waals surface area contributed by atoms with Gasteiger partial charge in [-0.15, -0.1) is 0 Å². The number of hydrogen-bond acceptors (Lipinski definition) is 7. The topological polar surface area (TPSA) is 75.6 Å². The lowest BCUT2D eigenvalue weighted by atomic mass is 10.0. The average Bonchev–Trinajstić information content (AvgIpc) is 2.98. The van der Waals surface area contributed by atoms with Crippen LogP contribution in [0.5, 0.6) is 46.0 Å². The lowest BCUT2D eigenvalue weighted by Crippen LogP contribution is -1.99. The number of rotatable bonds is 13. The Labute approximate surface area is 235 Å². The third-order valence-corrected chi connectivity index (χ3v) is 6.69. The Balaban J connectivity index is 1.50. The first-order valence-electron chi connectivity index (χ1n) is 13.1. The molecule has 4 rings (SSSR count). The van der Waals surface area contributed by atoms with Gasteiger partial charge in [0.2, 0.25) is 11.5 Å². The second-order valence-electron chi connectivity index (χ2n) is 9.28. The number of phenols is 1. The van der Waals surface area contributed by atoms with Crippen LogP contribution in [0.3, 0.4) is 0 Å². The van der Waals surface area contributed by atoms with Gasteiger partial charge in [-0.05, 0) is 96.5 Å². The highest BCUT2D eigenvalue weighted by atomic mass is 16.5. The highest BCUT2D eigenvalue weighted by Gasteiger charge is 2.16. The Kier molecular flexibility index (Phi) is 9.62. The van der Waals surface area contributed by atoms with Gasteiger partial charge in [0.25, 0.3) is 0 Å². The van der Waals surface area contributed by atoms with Crippen LogP contribution in [0.15, 0.2) is 72.8 Å². The van der Waals surface area contributed by atoms with Gasteiger partial charge in [0.1, 0.15) is 11.5 Å². The van der Waals surface area contributed by atoms with Gasteiger partial charge < -0.3 is 33.5 Å². The first-order chi connectivity index (χ1) is 19.5. The maximum absolute atomic E-state index is 10.7. The van der Waals surface area contributed by atoms with E-state index >= 15 is 0 Å². The molecule has 40 heavy (non-hydrogen) atoms. The van der Waals surface area contributed by atoms with E-state index in [9.17, 15) is 5.11 Å². The molecule has 7 heteroatoms. The van der Waals surface area contributed by atoms with Crippen LogP contribution in [-0.2, 0) is 25.7 Å². The molecule has 0 aliphatic carbocycles. The maximum Gasteiger partial charge on any atom is 0.203 e. The van der Waals surface area contributed by atoms with E-state index in [1.54, 1.807) is 34.5 Å². The molecular weight excluding hydrogens is 508 g/mol. The van der Waals surface area contributed by atoms with Crippen LogP contribution >= 0.6 is 0 Å². The predicted octanol–water partition coefficient (Wildman–Crippen LogP) is 6.80. The molecule has 7 nitrogen and oxygen atoms in total. The Morgan fingerprint density at radius 1 is 0.475 bits per heavy atom. The van der Waals surface area contributed by atoms with E-state index in [2.05, 4.69) is 18.2 Å². The number of hydrogen-bond donors (Lipinski definition) is 1. The van der Waals surface area contributed by atoms with Crippen molar-refractivity contribution in [3.05, 3.63) is 95.1 Å². The van der Waals surface area contributed by atoms with Crippen molar-refractivity contribution in [1.29, 1.82) is 0 Å². The van der Waals surface area contributed by atoms with E-state index < -0.39 is 0 Å². The molecule has 0 atom stereocenters. The lowest BCUT2D eigenvalue weighted by Gasteiger charge is -2.16. The van der Waals surface area contributed by atoms with E-state index in [0.717, 1.165) is 35.3 Å². The van der Waals surface area contributed by atoms with E-state index in [0.29, 0.717) is 47.3 Å². The fourth-order valence-electron chi connectivity index (χ4n) is 4.64. The van der Waals surface area contributed by atoms with Crippen molar-refractivity contribution in [2.75, 3.05) is 35.5 Å². The van der Waals surface area contributed by atoms with Crippen LogP contribution in [-0.4, -0.2) is 40.7 Å². The predicted molar refractivity (Wildman–Crippen MR) is 155 cm³/mol. The van der Waals surface area contributed by atoms with Crippen molar-refractivity contribution >= 4 is 0 Å². The Morgan fingerprint density at radius 3 is 1.52 bits per heavy atom. The van der Waals surface area contributed by atoms with E-state index in [1.165, 1.54) is 12.7 Å². The minimum Gasteiger partial charge on any atom is -0.504 e. The summed E-state index contributed by atoms with van der Waals surface area (Å²) in [5.41, 5.74) is 4.26. The van der Waals surface area contributed by atoms with Gasteiger partial charge in [0, 0.05) is 0 Å². The van der Waals surface area contributed by atoms with Crippen molar-refractivity contribution in [2.45, 2.75) is 25.7 Å². The summed E-state index contributed by atoms with van der Waals surface area (Å²) in [6.07, 6.45) is 3.05. The minimum absolute atomic E-state index is 0.0223. The van der Waals surface area contributed by atoms with E-state index in [4.69, 9.17) is 28.4 Å². The number of aromatic hydroxyl groups is 1. The molecule has 0 aliphatic rings. The molecule has 0 saturated heterocycles. The summed E-state index contributed by atoms with van der Waals surface area (Å²) in [7, 11) is 7.97. The third-order valence-electron chi connectivity index (χ3n) is 6.69. The van der Waals surface area contributed by atoms with Crippen LogP contribution in [0.2, 0.25) is 0 Å². The zero-order chi connectivity index (χ0) is 28.5. The van der Waals surface area contributed by atoms with E-state index in [1.807, 2.05) is 48.5 Å². The lowest BCUT2D eigenvalue weighted by molar-refractivity contribution is 0.324. The van der Waals surface area contributed by atoms with Gasteiger partial charge in [0.05, 0.1) is 35.5 Å². The van der Waals surface area contributed by atoms with Crippen LogP contribution in [0.1, 0.15) is 22.3 Å². The van der Waals surface area contributed by atoms with Gasteiger partial charge in [-0.25, -0.2) is 0 Å². The monoisotopic (exact) mass is 544 g/mol. The quantitative estimate of drug-likeness (QED) is 0.198. The second-order valence-corrected chi connectivity index (χ2v) is 9.28. The minimum atomic E-state index is 0.0223. The number of phenolic OH excluding ortho intramolecular Hbond substituents is 1. The zero-order valence-electron chi connectivity index (χ0n) is 23.7. The van der Waals surface area contributed by atoms with E-state index in [-0.39, 0.29) is 5.75 Å². The van der Waals surface area contributed by atoms with Crippen LogP contribution in [0, 0.1) is 0 Å². The van der Waals surface area contributed by atoms with Crippen molar-refractivity contribution in [2.24, 2.45) is 0 Å². The maximum atomic E-state index is 10.7. The third kappa shape index (κ3) is 6.91. The van der Waals surface area contributed by atoms with Crippen LogP contribution in [0.25, 0.3) is 0 Å². The molecule has 0 heterocycles. The molecule has 0 unspecified atom stereocenters. The standard InChI is InChI=1S/C33H36O7/c1-35-26-10-6-8-22(16-26)12-13-23-9-7-11-27(17-23)40-31-21-24(18-28(34)32(31)38-4)14-15-25-19-29(36-2)33(39-5)30(20-25)37-3/h6-11,16-21,34H,12-15H2,1-5H3. The molecule has 1 N–H and O–H groups in total. The summed E-state index contributed by atoms with van der Waals surface area (Å²) in [5, 5.41) is 10.7. The van der Waals surface area contributed by atoms with Crippen molar-refractivity contribution in [3.8, 4) is 46.0 Å². The molecule has 0 amide bonds. The molecule has 0 bridgehead atoms. The number of benzene rings is 4. The van der Waals surface area contributed by atoms with Gasteiger partial charge in [0.15, 0.2) is 23.0 Å². The summed E-state index contributed by atoms with van der Waals surface area (Å²) in [4.78, 5) is 0. The van der Waals surface area contributed by atoms with Gasteiger partial charge in [-0.2, -0.15) is 0 Å². The first-order valence-corrected chi connectivity index (χ1v) is 13.1. The smallest absolute Gasteiger partial charge is 0.203 e. The molecule has 0 aromatic heterocycles. The SMILES string of the molecule is COc1cccc(CCc2cccc(Oc3cc(CCc4cc(OC)c(OC)c(OC)c4)cc(O)c3OC)c2)c1. The largest absolute Gasteiger partial charge is 0.504 e. The highest BCUT2D eigenvalue weighted by Crippen LogP contribution is 2.41. The molecule has 0 spiro atoms. The van der Waals surface area contributed by atoms with Crippen molar-refractivity contribution < 1.29 is 33.5 Å². The van der Waals surface area contributed by atoms with Crippen LogP contribution < -0.4 is 28.4 Å². The second kappa shape index (κ2) is 13.5. The van der Waals surface area contributed by atoms with Gasteiger partial charge in [-0.3, -0.25) is 0 Å². The van der Waals surface area contributed by atoms with Crippen molar-refractivity contribution in [3.63, 3.8) is 0 Å². The Hall–Kier alpha value is -4.52. The number of ether oxygens (including phenoxy) is 6. The van der Waals surface area contributed by atoms with Crippen LogP contribution in [0.4, 0.5) is 0 Å². The Bertz CT molecular complexity index is 1410. The molecule has 210 valence electrons. The first kappa shape index (κ1) is 28.5. The molecule has 0 fully saturated rings. The zero-order valence-corrected chi connectivity index (χ0v) is 23.7. The average molecular weight is 545 g/mol. The summed E-state index contributed by atoms with van der Waals surface area (Å²) in [5.74, 6) is 4.04. The summed E-state index contributed by atoms with van der Waals surface area (Å²) >= 11 is 0. The highest BCUT2D eigenvalue weighted by molar-refractivity contribution is 5.56. The molecule has 0 radical (unpaired) electrons. The molecule has 0 saturated carbocycles. The summed E-state index contributed by atoms with van der Waals surface area (Å²) < 4.78 is 33.4. The molecule has 4 aromatic rings. The molecule has 0 aliphatic heterocycles.